The van der Waals surface area contributed by atoms with E-state index in [0.29, 0.717) is 41.4 Å². The van der Waals surface area contributed by atoms with Crippen LogP contribution in [-0.2, 0) is 9.53 Å². The van der Waals surface area contributed by atoms with E-state index in [2.05, 4.69) is 4.90 Å². The van der Waals surface area contributed by atoms with Crippen molar-refractivity contribution in [2.75, 3.05) is 51.9 Å². The molecule has 3 amide bonds. The van der Waals surface area contributed by atoms with Crippen molar-refractivity contribution in [1.29, 1.82) is 0 Å². The fourth-order valence-electron chi connectivity index (χ4n) is 5.66. The lowest BCUT2D eigenvalue weighted by atomic mass is 9.95. The van der Waals surface area contributed by atoms with Crippen LogP contribution in [0.3, 0.4) is 0 Å². The molecule has 0 bridgehead atoms. The predicted octanol–water partition coefficient (Wildman–Crippen LogP) is 3.62. The van der Waals surface area contributed by atoms with Crippen LogP contribution in [0.4, 0.5) is 4.79 Å². The Labute approximate surface area is 234 Å². The van der Waals surface area contributed by atoms with Gasteiger partial charge in [-0.25, -0.2) is 9.78 Å². The minimum atomic E-state index is -0.620. The SMILES string of the molecule is CN(C)C(=O)c1ccc2oc(C3CCN([C@H]4C[C@@H](C(=O)N5CCSC5)N(C(=O)OC(C)(C)C)C4)CC3)nc2c1. The number of aromatic nitrogens is 1. The van der Waals surface area contributed by atoms with Crippen molar-refractivity contribution in [2.45, 2.75) is 63.6 Å². The lowest BCUT2D eigenvalue weighted by molar-refractivity contribution is -0.134. The zero-order valence-corrected chi connectivity index (χ0v) is 24.3. The van der Waals surface area contributed by atoms with E-state index < -0.39 is 17.7 Å². The van der Waals surface area contributed by atoms with Crippen LogP contribution in [0.2, 0.25) is 0 Å². The van der Waals surface area contributed by atoms with Crippen molar-refractivity contribution in [3.8, 4) is 0 Å². The molecule has 10 nitrogen and oxygen atoms in total. The molecule has 0 unspecified atom stereocenters. The van der Waals surface area contributed by atoms with Gasteiger partial charge in [-0.2, -0.15) is 0 Å². The molecule has 2 aromatic rings. The maximum absolute atomic E-state index is 13.4. The second kappa shape index (κ2) is 11.0. The summed E-state index contributed by atoms with van der Waals surface area (Å²) >= 11 is 1.75. The first kappa shape index (κ1) is 27.8. The Hall–Kier alpha value is -2.79. The van der Waals surface area contributed by atoms with E-state index in [0.717, 1.165) is 38.2 Å². The summed E-state index contributed by atoms with van der Waals surface area (Å²) in [4.78, 5) is 51.0. The van der Waals surface area contributed by atoms with Gasteiger partial charge in [-0.1, -0.05) is 0 Å². The van der Waals surface area contributed by atoms with Gasteiger partial charge < -0.3 is 19.0 Å². The molecule has 1 aromatic heterocycles. The van der Waals surface area contributed by atoms with Gasteiger partial charge in [0.2, 0.25) is 5.91 Å². The van der Waals surface area contributed by atoms with Crippen LogP contribution in [0.5, 0.6) is 0 Å². The predicted molar refractivity (Wildman–Crippen MR) is 150 cm³/mol. The first-order valence-corrected chi connectivity index (χ1v) is 14.9. The molecule has 1 aromatic carbocycles. The molecule has 4 heterocycles. The molecule has 3 fully saturated rings. The molecular weight excluding hydrogens is 518 g/mol. The number of fused-ring (bicyclic) bond motifs is 1. The van der Waals surface area contributed by atoms with Crippen LogP contribution in [0.25, 0.3) is 11.1 Å². The molecular formula is C28H39N5O5S. The summed E-state index contributed by atoms with van der Waals surface area (Å²) in [6.45, 7) is 8.44. The maximum Gasteiger partial charge on any atom is 0.411 e. The molecule has 212 valence electrons. The molecule has 3 aliphatic rings. The number of hydrogen-bond acceptors (Lipinski definition) is 8. The van der Waals surface area contributed by atoms with Gasteiger partial charge in [0.05, 0.1) is 5.88 Å². The van der Waals surface area contributed by atoms with Gasteiger partial charge in [0.1, 0.15) is 17.2 Å². The molecule has 2 atom stereocenters. The Bertz CT molecular complexity index is 1230. The van der Waals surface area contributed by atoms with E-state index in [-0.39, 0.29) is 23.8 Å². The normalized spacial score (nSPS) is 23.0. The number of rotatable bonds is 4. The van der Waals surface area contributed by atoms with Gasteiger partial charge >= 0.3 is 6.09 Å². The number of piperidine rings is 1. The van der Waals surface area contributed by atoms with Gasteiger partial charge in [-0.15, -0.1) is 11.8 Å². The van der Waals surface area contributed by atoms with E-state index in [9.17, 15) is 14.4 Å². The van der Waals surface area contributed by atoms with Gasteiger partial charge in [-0.05, 0) is 71.3 Å². The highest BCUT2D eigenvalue weighted by Crippen LogP contribution is 2.34. The molecule has 5 rings (SSSR count). The Kier molecular flexibility index (Phi) is 7.83. The Morgan fingerprint density at radius 1 is 1.13 bits per heavy atom. The number of thioether (sulfide) groups is 1. The van der Waals surface area contributed by atoms with Crippen LogP contribution in [0.15, 0.2) is 22.6 Å². The number of amides is 3. The highest BCUT2D eigenvalue weighted by molar-refractivity contribution is 7.99. The minimum Gasteiger partial charge on any atom is -0.444 e. The topological polar surface area (TPSA) is 99.4 Å². The van der Waals surface area contributed by atoms with Gasteiger partial charge in [0.25, 0.3) is 5.91 Å². The van der Waals surface area contributed by atoms with Crippen LogP contribution in [-0.4, -0.2) is 112 Å². The van der Waals surface area contributed by atoms with Crippen molar-refractivity contribution in [1.82, 2.24) is 24.6 Å². The standard InChI is InChI=1S/C28H39N5O5S/c1-28(2,3)38-27(36)33-16-20(15-22(33)26(35)32-12-13-39-17-32)31-10-8-18(9-11-31)24-29-21-14-19(25(34)30(4)5)6-7-23(21)37-24/h6-7,14,18,20,22H,8-13,15-17H2,1-5H3/t20-,22-/m0/s1. The third-order valence-electron chi connectivity index (χ3n) is 7.71. The number of oxazole rings is 1. The van der Waals surface area contributed by atoms with Crippen LogP contribution in [0.1, 0.15) is 62.2 Å². The summed E-state index contributed by atoms with van der Waals surface area (Å²) < 4.78 is 11.8. The van der Waals surface area contributed by atoms with Crippen molar-refractivity contribution in [3.05, 3.63) is 29.7 Å². The molecule has 0 radical (unpaired) electrons. The first-order valence-electron chi connectivity index (χ1n) is 13.7. The van der Waals surface area contributed by atoms with Crippen LogP contribution < -0.4 is 0 Å². The average molecular weight is 558 g/mol. The minimum absolute atomic E-state index is 0.0295. The van der Waals surface area contributed by atoms with Crippen LogP contribution >= 0.6 is 11.8 Å². The molecule has 3 aliphatic heterocycles. The van der Waals surface area contributed by atoms with Crippen molar-refractivity contribution >= 4 is 40.8 Å². The summed E-state index contributed by atoms with van der Waals surface area (Å²) in [5.41, 5.74) is 1.36. The zero-order valence-electron chi connectivity index (χ0n) is 23.5. The summed E-state index contributed by atoms with van der Waals surface area (Å²) in [7, 11) is 3.46. The molecule has 0 N–H and O–H groups in total. The number of carbonyl (C=O) groups excluding carboxylic acids is 3. The highest BCUT2D eigenvalue weighted by Gasteiger charge is 2.45. The van der Waals surface area contributed by atoms with Crippen molar-refractivity contribution < 1.29 is 23.5 Å². The summed E-state index contributed by atoms with van der Waals surface area (Å²) in [5, 5.41) is 0. The van der Waals surface area contributed by atoms with E-state index in [1.807, 2.05) is 31.7 Å². The summed E-state index contributed by atoms with van der Waals surface area (Å²) in [6.07, 6.45) is 1.96. The van der Waals surface area contributed by atoms with Gasteiger partial charge in [0.15, 0.2) is 11.5 Å². The smallest absolute Gasteiger partial charge is 0.411 e. The third kappa shape index (κ3) is 6.04. The number of ether oxygens (including phenoxy) is 1. The molecule has 0 saturated carbocycles. The van der Waals surface area contributed by atoms with Gasteiger partial charge in [-0.3, -0.25) is 19.4 Å². The lowest BCUT2D eigenvalue weighted by Gasteiger charge is -2.35. The molecule has 0 aliphatic carbocycles. The summed E-state index contributed by atoms with van der Waals surface area (Å²) in [5.74, 6) is 2.48. The number of carbonyl (C=O) groups is 3. The Morgan fingerprint density at radius 3 is 2.51 bits per heavy atom. The number of hydrogen-bond donors (Lipinski definition) is 0. The lowest BCUT2D eigenvalue weighted by Crippen LogP contribution is -2.48. The van der Waals surface area contributed by atoms with E-state index in [1.165, 1.54) is 0 Å². The average Bonchev–Trinajstić information content (AvgIpc) is 3.66. The monoisotopic (exact) mass is 557 g/mol. The fraction of sp³-hybridized carbons (Fsp3) is 0.643. The number of benzene rings is 1. The molecule has 11 heteroatoms. The Morgan fingerprint density at radius 2 is 1.87 bits per heavy atom. The van der Waals surface area contributed by atoms with Crippen molar-refractivity contribution in [3.63, 3.8) is 0 Å². The quantitative estimate of drug-likeness (QED) is 0.562. The summed E-state index contributed by atoms with van der Waals surface area (Å²) in [6, 6.07) is 5.00. The van der Waals surface area contributed by atoms with Crippen LogP contribution in [0, 0.1) is 0 Å². The zero-order chi connectivity index (χ0) is 27.9. The van der Waals surface area contributed by atoms with E-state index in [1.54, 1.807) is 47.8 Å². The largest absolute Gasteiger partial charge is 0.444 e. The van der Waals surface area contributed by atoms with Gasteiger partial charge in [0, 0.05) is 50.5 Å². The Balaban J connectivity index is 1.25. The molecule has 0 spiro atoms. The third-order valence-corrected chi connectivity index (χ3v) is 8.67. The van der Waals surface area contributed by atoms with Crippen molar-refractivity contribution in [2.24, 2.45) is 0 Å². The number of nitrogens with zero attached hydrogens (tertiary/aromatic N) is 5. The fourth-order valence-corrected chi connectivity index (χ4v) is 6.61. The second-order valence-electron chi connectivity index (χ2n) is 11.9. The second-order valence-corrected chi connectivity index (χ2v) is 13.0. The maximum atomic E-state index is 13.4. The highest BCUT2D eigenvalue weighted by atomic mass is 32.2. The van der Waals surface area contributed by atoms with E-state index in [4.69, 9.17) is 14.1 Å². The molecule has 39 heavy (non-hydrogen) atoms. The first-order chi connectivity index (χ1) is 18.5. The van der Waals surface area contributed by atoms with E-state index >= 15 is 0 Å². The number of likely N-dealkylation sites (tertiary alicyclic amines) is 2. The molecule has 3 saturated heterocycles.